The quantitative estimate of drug-likeness (QED) is 0.268. The SMILES string of the molecule is CC(=O)OCCSc1ccc2ncc([N+](=O)[O-])n2n1. The average molecular weight is 282 g/mol. The molecule has 2 aromatic heterocycles. The molecule has 0 aliphatic carbocycles. The van der Waals surface area contributed by atoms with Crippen molar-refractivity contribution < 1.29 is 14.5 Å². The minimum atomic E-state index is -0.541. The molecule has 0 saturated heterocycles. The molecule has 0 aliphatic rings. The molecule has 0 spiro atoms. The van der Waals surface area contributed by atoms with Gasteiger partial charge < -0.3 is 14.9 Å². The normalized spacial score (nSPS) is 10.6. The van der Waals surface area contributed by atoms with E-state index in [0.29, 0.717) is 16.4 Å². The Bertz CT molecular complexity index is 627. The second kappa shape index (κ2) is 5.65. The lowest BCUT2D eigenvalue weighted by Crippen LogP contribution is -2.03. The van der Waals surface area contributed by atoms with E-state index in [1.54, 1.807) is 12.1 Å². The number of thioether (sulfide) groups is 1. The summed E-state index contributed by atoms with van der Waals surface area (Å²) in [6.07, 6.45) is 1.16. The van der Waals surface area contributed by atoms with Gasteiger partial charge in [-0.15, -0.1) is 0 Å². The van der Waals surface area contributed by atoms with Crippen LogP contribution in [-0.4, -0.2) is 37.9 Å². The molecule has 2 heterocycles. The van der Waals surface area contributed by atoms with Gasteiger partial charge in [-0.3, -0.25) is 4.79 Å². The van der Waals surface area contributed by atoms with Crippen LogP contribution in [0.4, 0.5) is 5.82 Å². The molecular weight excluding hydrogens is 272 g/mol. The Hall–Kier alpha value is -2.16. The summed E-state index contributed by atoms with van der Waals surface area (Å²) in [4.78, 5) is 24.7. The smallest absolute Gasteiger partial charge is 0.368 e. The molecule has 19 heavy (non-hydrogen) atoms. The Morgan fingerprint density at radius 2 is 2.37 bits per heavy atom. The van der Waals surface area contributed by atoms with E-state index in [0.717, 1.165) is 6.20 Å². The lowest BCUT2D eigenvalue weighted by molar-refractivity contribution is -0.391. The lowest BCUT2D eigenvalue weighted by atomic mass is 10.6. The number of nitrogens with zero attached hydrogens (tertiary/aromatic N) is 4. The Kier molecular flexibility index (Phi) is 3.95. The first-order valence-corrected chi connectivity index (χ1v) is 6.32. The topological polar surface area (TPSA) is 99.6 Å². The highest BCUT2D eigenvalue weighted by Gasteiger charge is 2.15. The van der Waals surface area contributed by atoms with E-state index in [2.05, 4.69) is 10.1 Å². The Balaban J connectivity index is 2.10. The van der Waals surface area contributed by atoms with Crippen molar-refractivity contribution in [2.45, 2.75) is 11.9 Å². The Morgan fingerprint density at radius 3 is 3.05 bits per heavy atom. The van der Waals surface area contributed by atoms with Gasteiger partial charge in [-0.1, -0.05) is 21.4 Å². The molecule has 0 saturated carbocycles. The molecule has 2 rings (SSSR count). The van der Waals surface area contributed by atoms with Gasteiger partial charge in [-0.25, -0.2) is 4.98 Å². The molecule has 8 nitrogen and oxygen atoms in total. The molecule has 0 aliphatic heterocycles. The van der Waals surface area contributed by atoms with Crippen molar-refractivity contribution in [3.63, 3.8) is 0 Å². The molecule has 0 amide bonds. The highest BCUT2D eigenvalue weighted by molar-refractivity contribution is 7.99. The number of carbonyl (C=O) groups is 1. The van der Waals surface area contributed by atoms with Crippen LogP contribution in [0.25, 0.3) is 5.65 Å². The molecular formula is C10H10N4O4S. The van der Waals surface area contributed by atoms with Crippen molar-refractivity contribution in [3.8, 4) is 0 Å². The summed E-state index contributed by atoms with van der Waals surface area (Å²) in [5.41, 5.74) is 0.413. The second-order valence-corrected chi connectivity index (χ2v) is 4.62. The molecule has 0 bridgehead atoms. The summed E-state index contributed by atoms with van der Waals surface area (Å²) in [6.45, 7) is 1.61. The van der Waals surface area contributed by atoms with Gasteiger partial charge in [0.25, 0.3) is 0 Å². The highest BCUT2D eigenvalue weighted by Crippen LogP contribution is 2.18. The molecule has 100 valence electrons. The Labute approximate surface area is 111 Å². The monoisotopic (exact) mass is 282 g/mol. The summed E-state index contributed by atoms with van der Waals surface area (Å²) in [5, 5.41) is 15.5. The summed E-state index contributed by atoms with van der Waals surface area (Å²) in [5.74, 6) is 0.00678. The van der Waals surface area contributed by atoms with E-state index in [9.17, 15) is 14.9 Å². The van der Waals surface area contributed by atoms with Gasteiger partial charge in [0.05, 0.1) is 0 Å². The molecule has 2 aromatic rings. The lowest BCUT2D eigenvalue weighted by Gasteiger charge is -2.00. The van der Waals surface area contributed by atoms with Gasteiger partial charge in [0, 0.05) is 18.7 Å². The van der Waals surface area contributed by atoms with E-state index in [1.165, 1.54) is 23.2 Å². The van der Waals surface area contributed by atoms with E-state index in [-0.39, 0.29) is 18.4 Å². The van der Waals surface area contributed by atoms with Crippen LogP contribution >= 0.6 is 11.8 Å². The number of carbonyl (C=O) groups excluding carboxylic acids is 1. The predicted molar refractivity (Wildman–Crippen MR) is 67.0 cm³/mol. The van der Waals surface area contributed by atoms with Crippen molar-refractivity contribution in [1.29, 1.82) is 0 Å². The van der Waals surface area contributed by atoms with Gasteiger partial charge in [-0.05, 0) is 11.0 Å². The van der Waals surface area contributed by atoms with E-state index in [4.69, 9.17) is 4.74 Å². The van der Waals surface area contributed by atoms with Crippen molar-refractivity contribution in [2.75, 3.05) is 12.4 Å². The maximum atomic E-state index is 10.8. The van der Waals surface area contributed by atoms with E-state index >= 15 is 0 Å². The summed E-state index contributed by atoms with van der Waals surface area (Å²) in [6, 6.07) is 3.36. The number of fused-ring (bicyclic) bond motifs is 1. The third-order valence-corrected chi connectivity index (χ3v) is 3.03. The molecule has 0 atom stereocenters. The maximum absolute atomic E-state index is 10.8. The first kappa shape index (κ1) is 13.3. The van der Waals surface area contributed by atoms with Crippen molar-refractivity contribution in [3.05, 3.63) is 28.4 Å². The molecule has 0 radical (unpaired) electrons. The zero-order chi connectivity index (χ0) is 13.8. The third-order valence-electron chi connectivity index (χ3n) is 2.15. The maximum Gasteiger partial charge on any atom is 0.368 e. The number of hydrogen-bond acceptors (Lipinski definition) is 7. The van der Waals surface area contributed by atoms with E-state index < -0.39 is 4.92 Å². The average Bonchev–Trinajstić information content (AvgIpc) is 2.77. The fourth-order valence-corrected chi connectivity index (χ4v) is 2.06. The minimum Gasteiger partial charge on any atom is -0.465 e. The number of imidazole rings is 1. The van der Waals surface area contributed by atoms with E-state index in [1.807, 2.05) is 0 Å². The molecule has 0 fully saturated rings. The van der Waals surface area contributed by atoms with Crippen LogP contribution in [-0.2, 0) is 9.53 Å². The standard InChI is InChI=1S/C10H10N4O4S/c1-7(15)18-4-5-19-9-3-2-8-11-6-10(14(16)17)13(8)12-9/h2-3,6H,4-5H2,1H3. The van der Waals surface area contributed by atoms with Gasteiger partial charge in [0.15, 0.2) is 0 Å². The predicted octanol–water partition coefficient (Wildman–Crippen LogP) is 1.29. The van der Waals surface area contributed by atoms with Crippen molar-refractivity contribution in [2.24, 2.45) is 0 Å². The van der Waals surface area contributed by atoms with Crippen LogP contribution in [0.2, 0.25) is 0 Å². The van der Waals surface area contributed by atoms with Gasteiger partial charge in [-0.2, -0.15) is 0 Å². The zero-order valence-corrected chi connectivity index (χ0v) is 10.8. The first-order chi connectivity index (χ1) is 9.08. The fraction of sp³-hybridized carbons (Fsp3) is 0.300. The number of nitro groups is 1. The van der Waals surface area contributed by atoms with Crippen molar-refractivity contribution in [1.82, 2.24) is 14.6 Å². The van der Waals surface area contributed by atoms with Crippen LogP contribution in [0.5, 0.6) is 0 Å². The number of hydrogen-bond donors (Lipinski definition) is 0. The summed E-state index contributed by atoms with van der Waals surface area (Å²) >= 11 is 1.34. The summed E-state index contributed by atoms with van der Waals surface area (Å²) < 4.78 is 5.96. The molecule has 0 N–H and O–H groups in total. The van der Waals surface area contributed by atoms with Crippen molar-refractivity contribution >= 4 is 29.2 Å². The number of esters is 1. The van der Waals surface area contributed by atoms with Gasteiger partial charge in [0.1, 0.15) is 17.8 Å². The van der Waals surface area contributed by atoms with Crippen LogP contribution in [0.1, 0.15) is 6.92 Å². The first-order valence-electron chi connectivity index (χ1n) is 5.33. The Morgan fingerprint density at radius 1 is 1.58 bits per heavy atom. The number of rotatable bonds is 5. The van der Waals surface area contributed by atoms with Crippen LogP contribution in [0.3, 0.4) is 0 Å². The third kappa shape index (κ3) is 3.19. The largest absolute Gasteiger partial charge is 0.465 e. The zero-order valence-electron chi connectivity index (χ0n) is 9.98. The molecule has 0 aromatic carbocycles. The number of aromatic nitrogens is 3. The minimum absolute atomic E-state index is 0.183. The van der Waals surface area contributed by atoms with Crippen LogP contribution in [0.15, 0.2) is 23.4 Å². The fourth-order valence-electron chi connectivity index (χ4n) is 1.38. The second-order valence-electron chi connectivity index (χ2n) is 3.50. The molecule has 9 heteroatoms. The summed E-state index contributed by atoms with van der Waals surface area (Å²) in [7, 11) is 0. The van der Waals surface area contributed by atoms with Crippen LogP contribution < -0.4 is 0 Å². The molecule has 0 unspecified atom stereocenters. The van der Waals surface area contributed by atoms with Crippen LogP contribution in [0, 0.1) is 10.1 Å². The highest BCUT2D eigenvalue weighted by atomic mass is 32.2. The van der Waals surface area contributed by atoms with Gasteiger partial charge >= 0.3 is 11.8 Å². The van der Waals surface area contributed by atoms with Gasteiger partial charge in [0.2, 0.25) is 5.65 Å². The number of ether oxygens (including phenoxy) is 1.